The van der Waals surface area contributed by atoms with Gasteiger partial charge in [0.25, 0.3) is 0 Å². The molecule has 3 nitrogen and oxygen atoms in total. The second-order valence-corrected chi connectivity index (χ2v) is 1.64. The second-order valence-electron chi connectivity index (χ2n) is 1.64. The van der Waals surface area contributed by atoms with E-state index in [0.29, 0.717) is 0 Å². The standard InChI is InChI=1S/C4H8O.C2H6O.Li.H2O/c1-2-4-5-3-1;1-2-3;;/h1-4H2;3H,2H2,1H3;;1H2/q;;+1;/p-1. The molecule has 1 heterocycles. The topological polar surface area (TPSA) is 59.5 Å². The number of hydrogen-bond acceptors (Lipinski definition) is 3. The van der Waals surface area contributed by atoms with Crippen LogP contribution in [0.15, 0.2) is 0 Å². The average molecular weight is 142 g/mol. The average Bonchev–Trinajstić information content (AvgIpc) is 2.17. The molecule has 0 aromatic rings. The monoisotopic (exact) mass is 142 g/mol. The molecule has 0 aliphatic carbocycles. The van der Waals surface area contributed by atoms with Crippen LogP contribution in [0.3, 0.4) is 0 Å². The number of aliphatic hydroxyl groups is 1. The van der Waals surface area contributed by atoms with E-state index in [0.717, 1.165) is 13.2 Å². The Morgan fingerprint density at radius 1 is 1.30 bits per heavy atom. The van der Waals surface area contributed by atoms with Crippen LogP contribution < -0.4 is 18.9 Å². The molecule has 0 bridgehead atoms. The van der Waals surface area contributed by atoms with Crippen molar-refractivity contribution >= 4 is 0 Å². The van der Waals surface area contributed by atoms with E-state index in [9.17, 15) is 0 Å². The minimum atomic E-state index is 0. The molecule has 0 radical (unpaired) electrons. The normalized spacial score (nSPS) is 13.8. The van der Waals surface area contributed by atoms with Crippen LogP contribution in [-0.2, 0) is 4.74 Å². The third-order valence-corrected chi connectivity index (χ3v) is 0.827. The molecule has 0 aromatic heterocycles. The molecular formula is C6H15LiO3. The first-order valence-corrected chi connectivity index (χ1v) is 3.10. The van der Waals surface area contributed by atoms with Gasteiger partial charge in [0.2, 0.25) is 0 Å². The third kappa shape index (κ3) is 15.8. The SMILES string of the molecule is C1CCOC1.CCO.[Li+].[OH-]. The summed E-state index contributed by atoms with van der Waals surface area (Å²) in [5, 5.41) is 7.57. The molecule has 1 fully saturated rings. The Morgan fingerprint density at radius 2 is 1.60 bits per heavy atom. The largest absolute Gasteiger partial charge is 1.00 e. The van der Waals surface area contributed by atoms with Crippen molar-refractivity contribution in [3.63, 3.8) is 0 Å². The van der Waals surface area contributed by atoms with Gasteiger partial charge >= 0.3 is 18.9 Å². The van der Waals surface area contributed by atoms with Crippen LogP contribution in [0.1, 0.15) is 19.8 Å². The predicted molar refractivity (Wildman–Crippen MR) is 34.7 cm³/mol. The number of aliphatic hydroxyl groups excluding tert-OH is 1. The van der Waals surface area contributed by atoms with Gasteiger partial charge in [-0.2, -0.15) is 0 Å². The van der Waals surface area contributed by atoms with Crippen LogP contribution in [-0.4, -0.2) is 30.4 Å². The van der Waals surface area contributed by atoms with Gasteiger partial charge in [-0.3, -0.25) is 0 Å². The molecule has 2 N–H and O–H groups in total. The molecular weight excluding hydrogens is 127 g/mol. The van der Waals surface area contributed by atoms with Gasteiger partial charge in [-0.1, -0.05) is 0 Å². The summed E-state index contributed by atoms with van der Waals surface area (Å²) in [6.45, 7) is 3.93. The van der Waals surface area contributed by atoms with Gasteiger partial charge in [-0.15, -0.1) is 0 Å². The van der Waals surface area contributed by atoms with Crippen molar-refractivity contribution in [1.29, 1.82) is 0 Å². The molecule has 1 saturated heterocycles. The zero-order valence-electron chi connectivity index (χ0n) is 6.84. The number of rotatable bonds is 0. The van der Waals surface area contributed by atoms with Crippen LogP contribution in [0.5, 0.6) is 0 Å². The maximum atomic E-state index is 7.57. The molecule has 0 saturated carbocycles. The minimum absolute atomic E-state index is 0. The van der Waals surface area contributed by atoms with Gasteiger partial charge in [0.15, 0.2) is 0 Å². The van der Waals surface area contributed by atoms with Crippen molar-refractivity contribution < 1.29 is 34.2 Å². The Balaban J connectivity index is -0.0000000900. The van der Waals surface area contributed by atoms with Crippen molar-refractivity contribution in [2.75, 3.05) is 19.8 Å². The second kappa shape index (κ2) is 16.2. The van der Waals surface area contributed by atoms with E-state index in [1.54, 1.807) is 6.92 Å². The van der Waals surface area contributed by atoms with Gasteiger partial charge in [-0.25, -0.2) is 0 Å². The molecule has 1 aliphatic heterocycles. The van der Waals surface area contributed by atoms with E-state index in [-0.39, 0.29) is 30.9 Å². The van der Waals surface area contributed by atoms with Gasteiger partial charge in [0, 0.05) is 19.8 Å². The van der Waals surface area contributed by atoms with Gasteiger partial charge < -0.3 is 15.3 Å². The molecule has 1 aliphatic rings. The number of hydrogen-bond donors (Lipinski definition) is 1. The predicted octanol–water partition coefficient (Wildman–Crippen LogP) is -2.38. The fourth-order valence-electron chi connectivity index (χ4n) is 0.510. The van der Waals surface area contributed by atoms with Crippen molar-refractivity contribution in [2.24, 2.45) is 0 Å². The first-order valence-electron chi connectivity index (χ1n) is 3.10. The fourth-order valence-corrected chi connectivity index (χ4v) is 0.510. The van der Waals surface area contributed by atoms with E-state index < -0.39 is 0 Å². The molecule has 0 aromatic carbocycles. The Kier molecular flexibility index (Phi) is 27.3. The molecule has 0 unspecified atom stereocenters. The third-order valence-electron chi connectivity index (χ3n) is 0.827. The molecule has 4 heteroatoms. The van der Waals surface area contributed by atoms with Gasteiger partial charge in [-0.05, 0) is 19.8 Å². The summed E-state index contributed by atoms with van der Waals surface area (Å²) in [5.41, 5.74) is 0. The van der Waals surface area contributed by atoms with Gasteiger partial charge in [0.1, 0.15) is 0 Å². The Morgan fingerprint density at radius 3 is 1.70 bits per heavy atom. The maximum absolute atomic E-state index is 7.57. The first kappa shape index (κ1) is 16.8. The maximum Gasteiger partial charge on any atom is 1.00 e. The number of ether oxygens (including phenoxy) is 1. The van der Waals surface area contributed by atoms with Crippen LogP contribution in [0.2, 0.25) is 0 Å². The van der Waals surface area contributed by atoms with E-state index in [4.69, 9.17) is 9.84 Å². The van der Waals surface area contributed by atoms with E-state index in [2.05, 4.69) is 0 Å². The molecule has 1 rings (SSSR count). The van der Waals surface area contributed by atoms with Gasteiger partial charge in [0.05, 0.1) is 0 Å². The molecule has 0 atom stereocenters. The Labute approximate surface area is 74.3 Å². The smallest absolute Gasteiger partial charge is 0.870 e. The quantitative estimate of drug-likeness (QED) is 0.384. The first-order chi connectivity index (χ1) is 3.91. The Bertz CT molecular complexity index is 32.4. The fraction of sp³-hybridized carbons (Fsp3) is 1.00. The summed E-state index contributed by atoms with van der Waals surface area (Å²) >= 11 is 0. The Hall–Kier alpha value is 0.477. The van der Waals surface area contributed by atoms with Crippen LogP contribution in [0.4, 0.5) is 0 Å². The van der Waals surface area contributed by atoms with Crippen molar-refractivity contribution in [1.82, 2.24) is 0 Å². The van der Waals surface area contributed by atoms with Crippen LogP contribution in [0, 0.1) is 0 Å². The minimum Gasteiger partial charge on any atom is -0.870 e. The summed E-state index contributed by atoms with van der Waals surface area (Å²) in [6.07, 6.45) is 2.56. The summed E-state index contributed by atoms with van der Waals surface area (Å²) in [6, 6.07) is 0. The van der Waals surface area contributed by atoms with E-state index in [1.165, 1.54) is 12.8 Å². The molecule has 0 amide bonds. The summed E-state index contributed by atoms with van der Waals surface area (Å²) in [5.74, 6) is 0. The zero-order valence-corrected chi connectivity index (χ0v) is 6.84. The molecule has 10 heavy (non-hydrogen) atoms. The van der Waals surface area contributed by atoms with Crippen LogP contribution in [0.25, 0.3) is 0 Å². The summed E-state index contributed by atoms with van der Waals surface area (Å²) in [7, 11) is 0. The molecule has 0 spiro atoms. The van der Waals surface area contributed by atoms with Crippen molar-refractivity contribution in [2.45, 2.75) is 19.8 Å². The summed E-state index contributed by atoms with van der Waals surface area (Å²) < 4.78 is 4.94. The zero-order chi connectivity index (χ0) is 6.24. The summed E-state index contributed by atoms with van der Waals surface area (Å²) in [4.78, 5) is 0. The van der Waals surface area contributed by atoms with Crippen molar-refractivity contribution in [3.8, 4) is 0 Å². The van der Waals surface area contributed by atoms with E-state index in [1.807, 2.05) is 0 Å². The van der Waals surface area contributed by atoms with E-state index >= 15 is 0 Å². The molecule has 58 valence electrons. The van der Waals surface area contributed by atoms with Crippen LogP contribution >= 0.6 is 0 Å². The van der Waals surface area contributed by atoms with Crippen molar-refractivity contribution in [3.05, 3.63) is 0 Å².